The van der Waals surface area contributed by atoms with Crippen molar-refractivity contribution in [2.24, 2.45) is 0 Å². The van der Waals surface area contributed by atoms with Crippen LogP contribution < -0.4 is 0 Å². The number of carbonyl (C=O) groups excluding carboxylic acids is 1. The molecule has 1 amide bonds. The van der Waals surface area contributed by atoms with Crippen LogP contribution in [-0.4, -0.2) is 59.4 Å². The van der Waals surface area contributed by atoms with E-state index in [1.165, 1.54) is 11.1 Å². The van der Waals surface area contributed by atoms with Gasteiger partial charge in [0.15, 0.2) is 0 Å². The van der Waals surface area contributed by atoms with Crippen molar-refractivity contribution in [3.05, 3.63) is 106 Å². The topological polar surface area (TPSA) is 26.8 Å². The lowest BCUT2D eigenvalue weighted by molar-refractivity contribution is -0.140. The average Bonchev–Trinajstić information content (AvgIpc) is 2.92. The van der Waals surface area contributed by atoms with Crippen molar-refractivity contribution in [2.45, 2.75) is 37.9 Å². The fourth-order valence-electron chi connectivity index (χ4n) is 5.63. The quantitative estimate of drug-likeness (QED) is 0.381. The summed E-state index contributed by atoms with van der Waals surface area (Å²) in [7, 11) is 0. The molecule has 3 aromatic rings. The van der Waals surface area contributed by atoms with E-state index in [0.717, 1.165) is 64.1 Å². The van der Waals surface area contributed by atoms with Gasteiger partial charge in [0.1, 0.15) is 0 Å². The van der Waals surface area contributed by atoms with Crippen molar-refractivity contribution in [1.82, 2.24) is 14.7 Å². The fraction of sp³-hybridized carbons (Fsp3) is 0.367. The summed E-state index contributed by atoms with van der Waals surface area (Å²) in [4.78, 5) is 20.6. The number of rotatable bonds is 6. The summed E-state index contributed by atoms with van der Waals surface area (Å²) >= 11 is 12.4. The number of carbonyl (C=O) groups is 1. The normalized spacial score (nSPS) is 19.5. The van der Waals surface area contributed by atoms with Gasteiger partial charge in [0.2, 0.25) is 5.91 Å². The molecule has 188 valence electrons. The number of hydrogen-bond acceptors (Lipinski definition) is 3. The molecule has 0 spiro atoms. The first kappa shape index (κ1) is 25.3. The molecular weight excluding hydrogens is 489 g/mol. The molecule has 1 atom stereocenters. The molecule has 36 heavy (non-hydrogen) atoms. The minimum absolute atomic E-state index is 0.0706. The second-order valence-corrected chi connectivity index (χ2v) is 10.6. The molecule has 2 aliphatic heterocycles. The number of nitrogens with zero attached hydrogens (tertiary/aromatic N) is 3. The second kappa shape index (κ2) is 11.8. The van der Waals surface area contributed by atoms with Gasteiger partial charge in [-0.15, -0.1) is 0 Å². The van der Waals surface area contributed by atoms with Gasteiger partial charge < -0.3 is 4.90 Å². The van der Waals surface area contributed by atoms with Gasteiger partial charge in [-0.05, 0) is 48.2 Å². The Bertz CT molecular complexity index is 1110. The Morgan fingerprint density at radius 3 is 2.03 bits per heavy atom. The SMILES string of the molecule is O=C([C@@H]1CCCCN1Cc1ccc(Cl)c(Cl)c1)N1CCN(C(c2ccccc2)c2ccccc2)CC1. The Morgan fingerprint density at radius 1 is 0.778 bits per heavy atom. The molecule has 0 radical (unpaired) electrons. The van der Waals surface area contributed by atoms with Gasteiger partial charge >= 0.3 is 0 Å². The maximum Gasteiger partial charge on any atom is 0.240 e. The van der Waals surface area contributed by atoms with Crippen LogP contribution in [-0.2, 0) is 11.3 Å². The summed E-state index contributed by atoms with van der Waals surface area (Å²) in [6.07, 6.45) is 3.13. The Labute approximate surface area is 224 Å². The fourth-order valence-corrected chi connectivity index (χ4v) is 5.95. The molecule has 0 bridgehead atoms. The highest BCUT2D eigenvalue weighted by Crippen LogP contribution is 2.30. The number of piperidine rings is 1. The van der Waals surface area contributed by atoms with Crippen LogP contribution in [0.15, 0.2) is 78.9 Å². The first-order valence-electron chi connectivity index (χ1n) is 12.9. The lowest BCUT2D eigenvalue weighted by Crippen LogP contribution is -2.56. The zero-order valence-electron chi connectivity index (χ0n) is 20.5. The number of hydrogen-bond donors (Lipinski definition) is 0. The largest absolute Gasteiger partial charge is 0.339 e. The monoisotopic (exact) mass is 521 g/mol. The molecule has 2 heterocycles. The molecule has 2 aliphatic rings. The van der Waals surface area contributed by atoms with Gasteiger partial charge in [-0.25, -0.2) is 0 Å². The van der Waals surface area contributed by atoms with Gasteiger partial charge in [0, 0.05) is 32.7 Å². The molecule has 0 N–H and O–H groups in total. The van der Waals surface area contributed by atoms with Gasteiger partial charge in [-0.3, -0.25) is 14.6 Å². The van der Waals surface area contributed by atoms with E-state index in [0.29, 0.717) is 10.0 Å². The van der Waals surface area contributed by atoms with E-state index in [9.17, 15) is 4.79 Å². The van der Waals surface area contributed by atoms with Crippen molar-refractivity contribution in [3.63, 3.8) is 0 Å². The first-order chi connectivity index (χ1) is 17.6. The van der Waals surface area contributed by atoms with Crippen LogP contribution in [0.1, 0.15) is 42.0 Å². The van der Waals surface area contributed by atoms with E-state index in [4.69, 9.17) is 23.2 Å². The van der Waals surface area contributed by atoms with Crippen molar-refractivity contribution in [1.29, 1.82) is 0 Å². The van der Waals surface area contributed by atoms with Crippen LogP contribution in [0.4, 0.5) is 0 Å². The summed E-state index contributed by atoms with van der Waals surface area (Å²) in [6, 6.07) is 27.3. The molecule has 2 fully saturated rings. The Balaban J connectivity index is 1.26. The van der Waals surface area contributed by atoms with Crippen LogP contribution in [0.2, 0.25) is 10.0 Å². The van der Waals surface area contributed by atoms with Crippen LogP contribution >= 0.6 is 23.2 Å². The zero-order valence-corrected chi connectivity index (χ0v) is 22.0. The van der Waals surface area contributed by atoms with Crippen LogP contribution in [0.3, 0.4) is 0 Å². The molecule has 0 unspecified atom stereocenters. The molecule has 0 aromatic heterocycles. The highest BCUT2D eigenvalue weighted by Gasteiger charge is 2.35. The predicted octanol–water partition coefficient (Wildman–Crippen LogP) is 6.28. The minimum Gasteiger partial charge on any atom is -0.339 e. The standard InChI is InChI=1S/C30H33Cl2N3O/c31-26-15-14-23(21-27(26)32)22-35-16-8-7-13-28(35)30(36)34-19-17-33(18-20-34)29(24-9-3-1-4-10-24)25-11-5-2-6-12-25/h1-6,9-12,14-15,21,28-29H,7-8,13,16-20,22H2/t28-/m0/s1. The minimum atomic E-state index is -0.0706. The summed E-state index contributed by atoms with van der Waals surface area (Å²) in [5.41, 5.74) is 3.69. The highest BCUT2D eigenvalue weighted by molar-refractivity contribution is 6.42. The van der Waals surface area contributed by atoms with Crippen molar-refractivity contribution in [3.8, 4) is 0 Å². The summed E-state index contributed by atoms with van der Waals surface area (Å²) in [6.45, 7) is 4.88. The second-order valence-electron chi connectivity index (χ2n) is 9.82. The molecule has 0 saturated carbocycles. The van der Waals surface area contributed by atoms with Gasteiger partial charge in [-0.2, -0.15) is 0 Å². The highest BCUT2D eigenvalue weighted by atomic mass is 35.5. The van der Waals surface area contributed by atoms with Gasteiger partial charge in [0.05, 0.1) is 22.1 Å². The summed E-state index contributed by atoms with van der Waals surface area (Å²) in [5.74, 6) is 0.269. The van der Waals surface area contributed by atoms with E-state index >= 15 is 0 Å². The molecule has 5 rings (SSSR count). The third kappa shape index (κ3) is 5.78. The van der Waals surface area contributed by atoms with E-state index in [1.54, 1.807) is 0 Å². The Hall–Kier alpha value is -2.37. The van der Waals surface area contributed by atoms with Crippen molar-refractivity contribution < 1.29 is 4.79 Å². The molecular formula is C30H33Cl2N3O. The van der Waals surface area contributed by atoms with E-state index in [1.807, 2.05) is 18.2 Å². The number of benzene rings is 3. The maximum atomic E-state index is 13.7. The lowest BCUT2D eigenvalue weighted by Gasteiger charge is -2.43. The zero-order chi connectivity index (χ0) is 24.9. The number of piperazine rings is 1. The Morgan fingerprint density at radius 2 is 1.42 bits per heavy atom. The lowest BCUT2D eigenvalue weighted by atomic mass is 9.96. The summed E-state index contributed by atoms with van der Waals surface area (Å²) in [5, 5.41) is 1.13. The smallest absolute Gasteiger partial charge is 0.240 e. The van der Waals surface area contributed by atoms with Gasteiger partial charge in [-0.1, -0.05) is 96.4 Å². The summed E-state index contributed by atoms with van der Waals surface area (Å²) < 4.78 is 0. The first-order valence-corrected chi connectivity index (χ1v) is 13.7. The molecule has 6 heteroatoms. The number of likely N-dealkylation sites (tertiary alicyclic amines) is 1. The molecule has 4 nitrogen and oxygen atoms in total. The van der Waals surface area contributed by atoms with Crippen LogP contribution in [0.5, 0.6) is 0 Å². The van der Waals surface area contributed by atoms with Crippen molar-refractivity contribution in [2.75, 3.05) is 32.7 Å². The average molecular weight is 523 g/mol. The van der Waals surface area contributed by atoms with Crippen molar-refractivity contribution >= 4 is 29.1 Å². The molecule has 0 aliphatic carbocycles. The Kier molecular flexibility index (Phi) is 8.28. The van der Waals surface area contributed by atoms with Gasteiger partial charge in [0.25, 0.3) is 0 Å². The third-order valence-electron chi connectivity index (χ3n) is 7.49. The number of amides is 1. The maximum absolute atomic E-state index is 13.7. The van der Waals surface area contributed by atoms with E-state index in [-0.39, 0.29) is 18.0 Å². The molecule has 2 saturated heterocycles. The van der Waals surface area contributed by atoms with E-state index < -0.39 is 0 Å². The molecule has 3 aromatic carbocycles. The predicted molar refractivity (Wildman–Crippen MR) is 147 cm³/mol. The third-order valence-corrected chi connectivity index (χ3v) is 8.23. The van der Waals surface area contributed by atoms with Crippen LogP contribution in [0.25, 0.3) is 0 Å². The number of halogens is 2. The van der Waals surface area contributed by atoms with Crippen LogP contribution in [0, 0.1) is 0 Å². The van der Waals surface area contributed by atoms with E-state index in [2.05, 4.69) is 75.4 Å².